The normalized spacial score (nSPS) is 24.4. The van der Waals surface area contributed by atoms with E-state index in [2.05, 4.69) is 60.2 Å². The molecule has 1 aliphatic rings. The van der Waals surface area contributed by atoms with E-state index in [0.717, 1.165) is 24.0 Å². The highest BCUT2D eigenvalue weighted by Gasteiger charge is 2.31. The van der Waals surface area contributed by atoms with Crippen LogP contribution in [0.5, 0.6) is 0 Å². The van der Waals surface area contributed by atoms with Gasteiger partial charge < -0.3 is 10.1 Å². The third-order valence-electron chi connectivity index (χ3n) is 3.32. The standard InChI is InChI=1S/C15H22BrNO/c1-15(2,3)17-10-11-8-9-18-14(11)12-6-4-5-7-13(12)16/h4-7,11,14,17H,8-10H2,1-3H3. The fourth-order valence-electron chi connectivity index (χ4n) is 2.33. The lowest BCUT2D eigenvalue weighted by Gasteiger charge is -2.26. The van der Waals surface area contributed by atoms with Gasteiger partial charge in [0, 0.05) is 29.1 Å². The molecule has 1 saturated heterocycles. The molecule has 0 amide bonds. The second-order valence-electron chi connectivity index (χ2n) is 5.99. The summed E-state index contributed by atoms with van der Waals surface area (Å²) in [6, 6.07) is 8.37. The van der Waals surface area contributed by atoms with Gasteiger partial charge in [0.05, 0.1) is 6.10 Å². The molecular weight excluding hydrogens is 290 g/mol. The molecular formula is C15H22BrNO. The van der Waals surface area contributed by atoms with Crippen LogP contribution in [0.1, 0.15) is 38.9 Å². The SMILES string of the molecule is CC(C)(C)NCC1CCOC1c1ccccc1Br. The number of rotatable bonds is 3. The summed E-state index contributed by atoms with van der Waals surface area (Å²) in [4.78, 5) is 0. The van der Waals surface area contributed by atoms with Crippen molar-refractivity contribution in [2.24, 2.45) is 5.92 Å². The van der Waals surface area contributed by atoms with Crippen molar-refractivity contribution in [3.8, 4) is 0 Å². The van der Waals surface area contributed by atoms with E-state index in [1.807, 2.05) is 6.07 Å². The lowest BCUT2D eigenvalue weighted by molar-refractivity contribution is 0.0884. The first-order valence-corrected chi connectivity index (χ1v) is 7.38. The zero-order chi connectivity index (χ0) is 13.2. The summed E-state index contributed by atoms with van der Waals surface area (Å²) >= 11 is 3.62. The molecule has 1 fully saturated rings. The molecule has 1 aliphatic heterocycles. The van der Waals surface area contributed by atoms with Gasteiger partial charge in [-0.1, -0.05) is 34.1 Å². The molecule has 1 aromatic rings. The fraction of sp³-hybridized carbons (Fsp3) is 0.600. The fourth-order valence-corrected chi connectivity index (χ4v) is 2.84. The van der Waals surface area contributed by atoms with Gasteiger partial charge in [0.25, 0.3) is 0 Å². The predicted molar refractivity (Wildman–Crippen MR) is 78.7 cm³/mol. The van der Waals surface area contributed by atoms with Gasteiger partial charge in [0.1, 0.15) is 0 Å². The zero-order valence-corrected chi connectivity index (χ0v) is 13.0. The Morgan fingerprint density at radius 1 is 1.33 bits per heavy atom. The Bertz CT molecular complexity index is 400. The van der Waals surface area contributed by atoms with Crippen molar-refractivity contribution >= 4 is 15.9 Å². The summed E-state index contributed by atoms with van der Waals surface area (Å²) in [6.07, 6.45) is 1.35. The van der Waals surface area contributed by atoms with Crippen molar-refractivity contribution in [2.45, 2.75) is 38.8 Å². The molecule has 18 heavy (non-hydrogen) atoms. The minimum atomic E-state index is 0.168. The summed E-state index contributed by atoms with van der Waals surface area (Å²) in [5, 5.41) is 3.59. The number of ether oxygens (including phenoxy) is 1. The van der Waals surface area contributed by atoms with E-state index in [0.29, 0.717) is 5.92 Å². The third-order valence-corrected chi connectivity index (χ3v) is 4.04. The van der Waals surface area contributed by atoms with Crippen LogP contribution in [-0.4, -0.2) is 18.7 Å². The second-order valence-corrected chi connectivity index (χ2v) is 6.85. The Morgan fingerprint density at radius 3 is 2.72 bits per heavy atom. The Balaban J connectivity index is 2.06. The molecule has 2 unspecified atom stereocenters. The first-order valence-electron chi connectivity index (χ1n) is 6.58. The quantitative estimate of drug-likeness (QED) is 0.913. The lowest BCUT2D eigenvalue weighted by atomic mass is 9.94. The van der Waals surface area contributed by atoms with Gasteiger partial charge in [-0.2, -0.15) is 0 Å². The van der Waals surface area contributed by atoms with Crippen molar-refractivity contribution in [1.29, 1.82) is 0 Å². The van der Waals surface area contributed by atoms with Crippen molar-refractivity contribution < 1.29 is 4.74 Å². The van der Waals surface area contributed by atoms with E-state index in [-0.39, 0.29) is 11.6 Å². The Labute approximate surface area is 118 Å². The van der Waals surface area contributed by atoms with Gasteiger partial charge in [-0.3, -0.25) is 0 Å². The van der Waals surface area contributed by atoms with E-state index in [1.54, 1.807) is 0 Å². The Morgan fingerprint density at radius 2 is 2.06 bits per heavy atom. The van der Waals surface area contributed by atoms with Crippen LogP contribution in [0.4, 0.5) is 0 Å². The van der Waals surface area contributed by atoms with E-state index < -0.39 is 0 Å². The van der Waals surface area contributed by atoms with Crippen molar-refractivity contribution in [3.63, 3.8) is 0 Å². The highest BCUT2D eigenvalue weighted by Crippen LogP contribution is 2.37. The number of halogens is 1. The summed E-state index contributed by atoms with van der Waals surface area (Å²) in [5.74, 6) is 0.558. The third kappa shape index (κ3) is 3.56. The smallest absolute Gasteiger partial charge is 0.0876 e. The van der Waals surface area contributed by atoms with Crippen LogP contribution in [0.3, 0.4) is 0 Å². The minimum Gasteiger partial charge on any atom is -0.373 e. The van der Waals surface area contributed by atoms with Gasteiger partial charge in [-0.25, -0.2) is 0 Å². The second kappa shape index (κ2) is 5.72. The molecule has 0 aromatic heterocycles. The Kier molecular flexibility index (Phi) is 4.46. The highest BCUT2D eigenvalue weighted by molar-refractivity contribution is 9.10. The molecule has 0 spiro atoms. The summed E-state index contributed by atoms with van der Waals surface area (Å²) in [5.41, 5.74) is 1.44. The van der Waals surface area contributed by atoms with Crippen LogP contribution >= 0.6 is 15.9 Å². The maximum atomic E-state index is 5.93. The Hall–Kier alpha value is -0.380. The first kappa shape index (κ1) is 14.0. The number of nitrogens with one attached hydrogen (secondary N) is 1. The van der Waals surface area contributed by atoms with Crippen LogP contribution < -0.4 is 5.32 Å². The van der Waals surface area contributed by atoms with Crippen molar-refractivity contribution in [1.82, 2.24) is 5.32 Å². The van der Waals surface area contributed by atoms with E-state index in [9.17, 15) is 0 Å². The number of benzene rings is 1. The van der Waals surface area contributed by atoms with Gasteiger partial charge in [-0.15, -0.1) is 0 Å². The highest BCUT2D eigenvalue weighted by atomic mass is 79.9. The molecule has 2 nitrogen and oxygen atoms in total. The van der Waals surface area contributed by atoms with Crippen LogP contribution in [0, 0.1) is 5.92 Å². The molecule has 2 rings (SSSR count). The largest absolute Gasteiger partial charge is 0.373 e. The summed E-state index contributed by atoms with van der Waals surface area (Å²) in [7, 11) is 0. The van der Waals surface area contributed by atoms with Crippen LogP contribution in [0.25, 0.3) is 0 Å². The molecule has 1 aromatic carbocycles. The molecule has 2 atom stereocenters. The maximum absolute atomic E-state index is 5.93. The van der Waals surface area contributed by atoms with Crippen LogP contribution in [-0.2, 0) is 4.74 Å². The van der Waals surface area contributed by atoms with Gasteiger partial charge in [0.2, 0.25) is 0 Å². The number of hydrogen-bond acceptors (Lipinski definition) is 2. The van der Waals surface area contributed by atoms with Crippen LogP contribution in [0.2, 0.25) is 0 Å². The summed E-state index contributed by atoms with van der Waals surface area (Å²) < 4.78 is 7.08. The average molecular weight is 312 g/mol. The minimum absolute atomic E-state index is 0.168. The monoisotopic (exact) mass is 311 g/mol. The maximum Gasteiger partial charge on any atom is 0.0876 e. The van der Waals surface area contributed by atoms with E-state index in [1.165, 1.54) is 5.56 Å². The molecule has 1 heterocycles. The molecule has 100 valence electrons. The van der Waals surface area contributed by atoms with Gasteiger partial charge >= 0.3 is 0 Å². The first-order chi connectivity index (χ1) is 8.47. The van der Waals surface area contributed by atoms with Gasteiger partial charge in [-0.05, 0) is 38.8 Å². The lowest BCUT2D eigenvalue weighted by Crippen LogP contribution is -2.39. The van der Waals surface area contributed by atoms with Crippen molar-refractivity contribution in [3.05, 3.63) is 34.3 Å². The molecule has 0 saturated carbocycles. The van der Waals surface area contributed by atoms with Crippen LogP contribution in [0.15, 0.2) is 28.7 Å². The van der Waals surface area contributed by atoms with Crippen molar-refractivity contribution in [2.75, 3.05) is 13.2 Å². The average Bonchev–Trinajstić information content (AvgIpc) is 2.74. The predicted octanol–water partition coefficient (Wildman–Crippen LogP) is 3.91. The number of hydrogen-bond donors (Lipinski definition) is 1. The summed E-state index contributed by atoms with van der Waals surface area (Å²) in [6.45, 7) is 8.49. The molecule has 0 radical (unpaired) electrons. The van der Waals surface area contributed by atoms with Gasteiger partial charge in [0.15, 0.2) is 0 Å². The molecule has 0 bridgehead atoms. The zero-order valence-electron chi connectivity index (χ0n) is 11.4. The van der Waals surface area contributed by atoms with E-state index in [4.69, 9.17) is 4.74 Å². The molecule has 3 heteroatoms. The molecule has 0 aliphatic carbocycles. The molecule has 1 N–H and O–H groups in total. The topological polar surface area (TPSA) is 21.3 Å². The van der Waals surface area contributed by atoms with E-state index >= 15 is 0 Å².